The molecule has 2 rings (SSSR count). The molecule has 2 aromatic rings. The molecule has 0 aliphatic heterocycles. The molecule has 2 N–H and O–H groups in total. The second-order valence-electron chi connectivity index (χ2n) is 5.12. The number of aliphatic hydroxyl groups is 2. The van der Waals surface area contributed by atoms with E-state index >= 15 is 0 Å². The molecule has 0 saturated heterocycles. The van der Waals surface area contributed by atoms with Crippen LogP contribution in [0.1, 0.15) is 11.3 Å². The Labute approximate surface area is 127 Å². The van der Waals surface area contributed by atoms with Gasteiger partial charge in [-0.25, -0.2) is 0 Å². The minimum atomic E-state index is -0.581. The Morgan fingerprint density at radius 3 is 2.20 bits per heavy atom. The molecule has 0 radical (unpaired) electrons. The van der Waals surface area contributed by atoms with Gasteiger partial charge in [0.1, 0.15) is 0 Å². The van der Waals surface area contributed by atoms with Crippen molar-refractivity contribution in [2.45, 2.75) is 12.8 Å². The third-order valence-electron chi connectivity index (χ3n) is 3.44. The molecule has 4 heteroatoms. The molecule has 0 amide bonds. The lowest BCUT2D eigenvalue weighted by atomic mass is 9.79. The fraction of sp³-hybridized carbons (Fsp3) is 0.312. The van der Waals surface area contributed by atoms with Crippen molar-refractivity contribution in [3.05, 3.63) is 64.4 Å². The van der Waals surface area contributed by atoms with Gasteiger partial charge in [-0.05, 0) is 46.5 Å². The number of hydrogen-bond acceptors (Lipinski definition) is 3. The van der Waals surface area contributed by atoms with Crippen molar-refractivity contribution >= 4 is 15.9 Å². The van der Waals surface area contributed by atoms with Crippen LogP contribution in [0.15, 0.2) is 53.1 Å². The zero-order chi connectivity index (χ0) is 14.4. The quantitative estimate of drug-likeness (QED) is 0.853. The molecule has 0 bridgehead atoms. The van der Waals surface area contributed by atoms with Crippen molar-refractivity contribution in [2.75, 3.05) is 13.2 Å². The van der Waals surface area contributed by atoms with Gasteiger partial charge < -0.3 is 10.2 Å². The smallest absolute Gasteiger partial charge is 0.0516 e. The molecule has 0 atom stereocenters. The highest BCUT2D eigenvalue weighted by atomic mass is 79.9. The number of aromatic nitrogens is 1. The molecule has 3 nitrogen and oxygen atoms in total. The molecule has 0 aliphatic carbocycles. The van der Waals surface area contributed by atoms with Crippen LogP contribution in [0.4, 0.5) is 0 Å². The number of hydrogen-bond donors (Lipinski definition) is 2. The Bertz CT molecular complexity index is 524. The van der Waals surface area contributed by atoms with Gasteiger partial charge >= 0.3 is 0 Å². The second-order valence-corrected chi connectivity index (χ2v) is 6.04. The van der Waals surface area contributed by atoms with Gasteiger partial charge in [0.15, 0.2) is 0 Å². The van der Waals surface area contributed by atoms with Gasteiger partial charge in [-0.2, -0.15) is 0 Å². The first kappa shape index (κ1) is 15.2. The van der Waals surface area contributed by atoms with E-state index in [2.05, 4.69) is 20.9 Å². The SMILES string of the molecule is OCC(CO)(Cc1ccccc1)Cc1ccc(Br)cn1. The van der Waals surface area contributed by atoms with E-state index in [1.54, 1.807) is 6.20 Å². The van der Waals surface area contributed by atoms with E-state index in [1.165, 1.54) is 0 Å². The highest BCUT2D eigenvalue weighted by Gasteiger charge is 2.30. The Balaban J connectivity index is 2.18. The molecule has 0 spiro atoms. The third-order valence-corrected chi connectivity index (χ3v) is 3.91. The number of rotatable bonds is 6. The molecule has 0 aliphatic rings. The zero-order valence-corrected chi connectivity index (χ0v) is 12.8. The summed E-state index contributed by atoms with van der Waals surface area (Å²) in [6.45, 7) is -0.147. The van der Waals surface area contributed by atoms with E-state index in [0.717, 1.165) is 15.7 Å². The number of halogens is 1. The second kappa shape index (κ2) is 6.97. The maximum Gasteiger partial charge on any atom is 0.0516 e. The maximum atomic E-state index is 9.76. The van der Waals surface area contributed by atoms with Gasteiger partial charge in [0, 0.05) is 21.8 Å². The standard InChI is InChI=1S/C16H18BrNO2/c17-14-6-7-15(18-10-14)9-16(11-19,12-20)8-13-4-2-1-3-5-13/h1-7,10,19-20H,8-9,11-12H2. The summed E-state index contributed by atoms with van der Waals surface area (Å²) in [6, 6.07) is 13.7. The lowest BCUT2D eigenvalue weighted by Gasteiger charge is -2.29. The lowest BCUT2D eigenvalue weighted by molar-refractivity contribution is 0.0540. The van der Waals surface area contributed by atoms with Crippen molar-refractivity contribution in [1.82, 2.24) is 4.98 Å². The summed E-state index contributed by atoms with van der Waals surface area (Å²) < 4.78 is 0.919. The fourth-order valence-corrected chi connectivity index (χ4v) is 2.49. The molecule has 106 valence electrons. The highest BCUT2D eigenvalue weighted by molar-refractivity contribution is 9.10. The Morgan fingerprint density at radius 2 is 1.65 bits per heavy atom. The number of nitrogens with zero attached hydrogens (tertiary/aromatic N) is 1. The zero-order valence-electron chi connectivity index (χ0n) is 11.2. The molecular weight excluding hydrogens is 318 g/mol. The van der Waals surface area contributed by atoms with E-state index < -0.39 is 5.41 Å². The number of benzene rings is 1. The number of pyridine rings is 1. The first-order valence-corrected chi connectivity index (χ1v) is 7.33. The van der Waals surface area contributed by atoms with Gasteiger partial charge in [-0.3, -0.25) is 4.98 Å². The molecule has 0 saturated carbocycles. The Hall–Kier alpha value is -1.23. The monoisotopic (exact) mass is 335 g/mol. The Morgan fingerprint density at radius 1 is 0.950 bits per heavy atom. The average molecular weight is 336 g/mol. The summed E-state index contributed by atoms with van der Waals surface area (Å²) in [5.41, 5.74) is 1.39. The average Bonchev–Trinajstić information content (AvgIpc) is 2.50. The van der Waals surface area contributed by atoms with Gasteiger partial charge in [0.05, 0.1) is 13.2 Å². The predicted molar refractivity (Wildman–Crippen MR) is 82.4 cm³/mol. The Kier molecular flexibility index (Phi) is 5.29. The van der Waals surface area contributed by atoms with E-state index in [1.807, 2.05) is 42.5 Å². The number of aliphatic hydroxyl groups excluding tert-OH is 2. The molecular formula is C16H18BrNO2. The summed E-state index contributed by atoms with van der Waals surface area (Å²) in [6.07, 6.45) is 2.90. The summed E-state index contributed by atoms with van der Waals surface area (Å²) in [5, 5.41) is 19.5. The van der Waals surface area contributed by atoms with Crippen molar-refractivity contribution in [3.63, 3.8) is 0 Å². The van der Waals surface area contributed by atoms with Crippen molar-refractivity contribution in [1.29, 1.82) is 0 Å². The summed E-state index contributed by atoms with van der Waals surface area (Å²) in [4.78, 5) is 4.33. The van der Waals surface area contributed by atoms with Crippen molar-refractivity contribution in [3.8, 4) is 0 Å². The van der Waals surface area contributed by atoms with Gasteiger partial charge in [-0.15, -0.1) is 0 Å². The van der Waals surface area contributed by atoms with Gasteiger partial charge in [0.2, 0.25) is 0 Å². The van der Waals surface area contributed by atoms with Crippen LogP contribution in [0.5, 0.6) is 0 Å². The van der Waals surface area contributed by atoms with Crippen LogP contribution in [0.2, 0.25) is 0 Å². The van der Waals surface area contributed by atoms with Crippen LogP contribution in [0.3, 0.4) is 0 Å². The third kappa shape index (κ3) is 3.88. The first-order valence-electron chi connectivity index (χ1n) is 6.53. The van der Waals surface area contributed by atoms with Gasteiger partial charge in [-0.1, -0.05) is 30.3 Å². The molecule has 1 aromatic carbocycles. The minimum absolute atomic E-state index is 0.0733. The van der Waals surface area contributed by atoms with Gasteiger partial charge in [0.25, 0.3) is 0 Å². The van der Waals surface area contributed by atoms with Crippen LogP contribution in [-0.4, -0.2) is 28.4 Å². The largest absolute Gasteiger partial charge is 0.396 e. The van der Waals surface area contributed by atoms with E-state index in [4.69, 9.17) is 0 Å². The van der Waals surface area contributed by atoms with E-state index in [0.29, 0.717) is 12.8 Å². The molecule has 0 fully saturated rings. The van der Waals surface area contributed by atoms with E-state index in [-0.39, 0.29) is 13.2 Å². The molecule has 20 heavy (non-hydrogen) atoms. The van der Waals surface area contributed by atoms with Crippen molar-refractivity contribution in [2.24, 2.45) is 5.41 Å². The van der Waals surface area contributed by atoms with Crippen molar-refractivity contribution < 1.29 is 10.2 Å². The lowest BCUT2D eigenvalue weighted by Crippen LogP contribution is -2.35. The topological polar surface area (TPSA) is 53.4 Å². The van der Waals surface area contributed by atoms with Crippen LogP contribution in [0, 0.1) is 5.41 Å². The summed E-state index contributed by atoms with van der Waals surface area (Å²) >= 11 is 3.35. The normalized spacial score (nSPS) is 11.6. The predicted octanol–water partition coefficient (Wildman–Crippen LogP) is 2.60. The maximum absolute atomic E-state index is 9.76. The highest BCUT2D eigenvalue weighted by Crippen LogP contribution is 2.27. The summed E-state index contributed by atoms with van der Waals surface area (Å²) in [5.74, 6) is 0. The van der Waals surface area contributed by atoms with Crippen LogP contribution in [-0.2, 0) is 12.8 Å². The minimum Gasteiger partial charge on any atom is -0.396 e. The molecule has 1 heterocycles. The molecule has 0 unspecified atom stereocenters. The molecule has 1 aromatic heterocycles. The summed E-state index contributed by atoms with van der Waals surface area (Å²) in [7, 11) is 0. The van der Waals surface area contributed by atoms with E-state index in [9.17, 15) is 10.2 Å². The first-order chi connectivity index (χ1) is 9.67. The van der Waals surface area contributed by atoms with Crippen LogP contribution in [0.25, 0.3) is 0 Å². The van der Waals surface area contributed by atoms with Crippen LogP contribution >= 0.6 is 15.9 Å². The fourth-order valence-electron chi connectivity index (χ4n) is 2.26. The van der Waals surface area contributed by atoms with Crippen LogP contribution < -0.4 is 0 Å².